The van der Waals surface area contributed by atoms with Crippen molar-refractivity contribution in [1.29, 1.82) is 0 Å². The van der Waals surface area contributed by atoms with Crippen LogP contribution < -0.4 is 5.46 Å². The summed E-state index contributed by atoms with van der Waals surface area (Å²) in [5.41, 5.74) is 12.2. The Hall–Kier alpha value is -6.02. The molecule has 7 heteroatoms. The second-order valence-electron chi connectivity index (χ2n) is 15.8. The van der Waals surface area contributed by atoms with E-state index >= 15 is 0 Å². The molecule has 0 unspecified atom stereocenters. The molecule has 0 aliphatic heterocycles. The Balaban J connectivity index is 1.18. The van der Waals surface area contributed by atoms with Gasteiger partial charge >= 0.3 is 7.48 Å². The molecule has 0 bridgehead atoms. The molecule has 6 nitrogen and oxygen atoms in total. The van der Waals surface area contributed by atoms with Gasteiger partial charge in [0, 0.05) is 35.6 Å². The Morgan fingerprint density at radius 1 is 0.545 bits per heavy atom. The van der Waals surface area contributed by atoms with Gasteiger partial charge in [-0.05, 0) is 127 Å². The molecule has 0 fully saturated rings. The quantitative estimate of drug-likeness (QED) is 0.159. The summed E-state index contributed by atoms with van der Waals surface area (Å²) in [6.07, 6.45) is 8.30. The number of fused-ring (bicyclic) bond motifs is 6. The van der Waals surface area contributed by atoms with Gasteiger partial charge in [-0.15, -0.1) is 0 Å². The van der Waals surface area contributed by atoms with E-state index in [2.05, 4.69) is 149 Å². The summed E-state index contributed by atoms with van der Waals surface area (Å²) in [7, 11) is 0.341. The predicted octanol–water partition coefficient (Wildman–Crippen LogP) is 10.1. The Bertz CT molecular complexity index is 2750. The van der Waals surface area contributed by atoms with Gasteiger partial charge in [-0.1, -0.05) is 90.4 Å². The summed E-state index contributed by atoms with van der Waals surface area (Å²) in [5.74, 6) is 0. The van der Waals surface area contributed by atoms with Crippen molar-refractivity contribution < 1.29 is 9.76 Å². The number of hydrogen-bond acceptors (Lipinski definition) is 4. The normalized spacial score (nSPS) is 12.3. The second-order valence-corrected chi connectivity index (χ2v) is 15.8. The lowest BCUT2D eigenvalue weighted by molar-refractivity contribution is -0.0893. The number of pyridine rings is 2. The molecule has 4 aromatic heterocycles. The van der Waals surface area contributed by atoms with Crippen molar-refractivity contribution in [2.45, 2.75) is 52.7 Å². The van der Waals surface area contributed by atoms with Crippen LogP contribution in [0.1, 0.15) is 39.1 Å². The van der Waals surface area contributed by atoms with E-state index in [9.17, 15) is 5.11 Å². The Morgan fingerprint density at radius 3 is 1.42 bits per heavy atom. The molecule has 1 N–H and O–H groups in total. The molecule has 0 amide bonds. The largest absolute Gasteiger partial charge is 0.427 e. The molecule has 270 valence electrons. The van der Waals surface area contributed by atoms with Crippen molar-refractivity contribution in [3.05, 3.63) is 151 Å². The maximum absolute atomic E-state index is 10.9. The molecular formula is C48H43BN4O2. The van der Waals surface area contributed by atoms with Crippen LogP contribution in [0.4, 0.5) is 0 Å². The second kappa shape index (κ2) is 13.1. The lowest BCUT2D eigenvalue weighted by Crippen LogP contribution is -2.49. The molecule has 0 aliphatic carbocycles. The SMILES string of the molecule is Cc1cn2ccc3cc(-c4ccccc4-c4cc(BOC(C)(C)C(C)(C)O)cc(-c5ccccc5-c5ccc6c(ccn7cc(C)nc67)c5)c4)ccc3c2n1. The summed E-state index contributed by atoms with van der Waals surface area (Å²) >= 11 is 0. The third kappa shape index (κ3) is 6.29. The van der Waals surface area contributed by atoms with E-state index in [1.54, 1.807) is 13.8 Å². The molecule has 0 aliphatic rings. The average molecular weight is 719 g/mol. The fourth-order valence-corrected chi connectivity index (χ4v) is 7.62. The van der Waals surface area contributed by atoms with Gasteiger partial charge in [0.05, 0.1) is 22.6 Å². The first kappa shape index (κ1) is 34.7. The molecule has 4 heterocycles. The molecule has 0 radical (unpaired) electrons. The molecule has 0 spiro atoms. The molecule has 9 aromatic rings. The Kier molecular flexibility index (Phi) is 8.26. The number of aryl methyl sites for hydroxylation is 2. The molecule has 5 aromatic carbocycles. The van der Waals surface area contributed by atoms with Gasteiger partial charge in [-0.2, -0.15) is 0 Å². The van der Waals surface area contributed by atoms with Gasteiger partial charge in [0.25, 0.3) is 0 Å². The summed E-state index contributed by atoms with van der Waals surface area (Å²) < 4.78 is 10.7. The Labute approximate surface area is 322 Å². The molecular weight excluding hydrogens is 675 g/mol. The van der Waals surface area contributed by atoms with E-state index in [0.29, 0.717) is 7.48 Å². The molecule has 0 saturated carbocycles. The number of aromatic nitrogens is 4. The van der Waals surface area contributed by atoms with Crippen molar-refractivity contribution in [2.24, 2.45) is 0 Å². The van der Waals surface area contributed by atoms with E-state index in [-0.39, 0.29) is 0 Å². The van der Waals surface area contributed by atoms with E-state index < -0.39 is 11.2 Å². The predicted molar refractivity (Wildman–Crippen MR) is 228 cm³/mol. The number of nitrogens with zero attached hydrogens (tertiary/aromatic N) is 4. The number of aliphatic hydroxyl groups is 1. The lowest BCUT2D eigenvalue weighted by atomic mass is 9.79. The van der Waals surface area contributed by atoms with Crippen LogP contribution in [0.5, 0.6) is 0 Å². The average Bonchev–Trinajstić information content (AvgIpc) is 3.77. The molecule has 0 atom stereocenters. The van der Waals surface area contributed by atoms with Crippen LogP contribution in [0.2, 0.25) is 0 Å². The number of imidazole rings is 2. The van der Waals surface area contributed by atoms with E-state index in [0.717, 1.165) is 94.2 Å². The van der Waals surface area contributed by atoms with Gasteiger partial charge in [0.2, 0.25) is 0 Å². The Morgan fingerprint density at radius 2 is 0.982 bits per heavy atom. The zero-order chi connectivity index (χ0) is 38.1. The topological polar surface area (TPSA) is 64.1 Å². The van der Waals surface area contributed by atoms with Gasteiger partial charge in [-0.3, -0.25) is 0 Å². The monoisotopic (exact) mass is 718 g/mol. The van der Waals surface area contributed by atoms with Gasteiger partial charge in [0.15, 0.2) is 0 Å². The highest BCUT2D eigenvalue weighted by Gasteiger charge is 2.35. The fourth-order valence-electron chi connectivity index (χ4n) is 7.62. The third-order valence-electron chi connectivity index (χ3n) is 11.3. The summed E-state index contributed by atoms with van der Waals surface area (Å²) in [6, 6.07) is 41.7. The third-order valence-corrected chi connectivity index (χ3v) is 11.3. The smallest absolute Gasteiger partial charge is 0.309 e. The zero-order valence-corrected chi connectivity index (χ0v) is 32.1. The minimum absolute atomic E-state index is 0.341. The summed E-state index contributed by atoms with van der Waals surface area (Å²) in [6.45, 7) is 11.5. The highest BCUT2D eigenvalue weighted by atomic mass is 16.5. The van der Waals surface area contributed by atoms with Crippen molar-refractivity contribution >= 4 is 45.8 Å². The summed E-state index contributed by atoms with van der Waals surface area (Å²) in [5, 5.41) is 15.5. The fraction of sp³-hybridized carbons (Fsp3) is 0.167. The van der Waals surface area contributed by atoms with Crippen LogP contribution >= 0.6 is 0 Å². The number of benzene rings is 5. The van der Waals surface area contributed by atoms with E-state index in [4.69, 9.17) is 14.6 Å². The molecule has 9 rings (SSSR count). The maximum Gasteiger partial charge on any atom is 0.309 e. The minimum atomic E-state index is -1.03. The summed E-state index contributed by atoms with van der Waals surface area (Å²) in [4.78, 5) is 9.59. The van der Waals surface area contributed by atoms with Crippen molar-refractivity contribution in [1.82, 2.24) is 18.8 Å². The molecule has 55 heavy (non-hydrogen) atoms. The maximum atomic E-state index is 10.9. The molecule has 0 saturated heterocycles. The van der Waals surface area contributed by atoms with Gasteiger partial charge in [0.1, 0.15) is 11.3 Å². The van der Waals surface area contributed by atoms with E-state index in [1.165, 1.54) is 0 Å². The first-order valence-electron chi connectivity index (χ1n) is 18.9. The highest BCUT2D eigenvalue weighted by Crippen LogP contribution is 2.39. The van der Waals surface area contributed by atoms with Crippen LogP contribution in [0.15, 0.2) is 140 Å². The van der Waals surface area contributed by atoms with E-state index in [1.807, 2.05) is 27.7 Å². The van der Waals surface area contributed by atoms with Crippen LogP contribution in [0.25, 0.3) is 77.3 Å². The highest BCUT2D eigenvalue weighted by molar-refractivity contribution is 6.47. The van der Waals surface area contributed by atoms with Gasteiger partial charge < -0.3 is 18.6 Å². The van der Waals surface area contributed by atoms with Crippen LogP contribution in [-0.2, 0) is 4.65 Å². The lowest BCUT2D eigenvalue weighted by Gasteiger charge is -2.37. The number of hydrogen-bond donors (Lipinski definition) is 1. The van der Waals surface area contributed by atoms with Crippen LogP contribution in [0, 0.1) is 13.8 Å². The van der Waals surface area contributed by atoms with Crippen molar-refractivity contribution in [2.75, 3.05) is 0 Å². The van der Waals surface area contributed by atoms with Crippen molar-refractivity contribution in [3.8, 4) is 44.5 Å². The zero-order valence-electron chi connectivity index (χ0n) is 32.1. The standard InChI is InChI=1S/C48H43BN4O2/c1-30-28-52-21-19-34-23-32(15-17-43(34)45(52)50-30)39-11-7-9-13-41(39)36-25-37(27-38(26-36)49-55-48(5,6)47(3,4)54)42-14-10-8-12-40(42)33-16-18-44-35(24-33)20-22-53-29-31(2)51-46(44)53/h7-29,49,54H,1-6H3. The first-order chi connectivity index (χ1) is 26.4. The van der Waals surface area contributed by atoms with Crippen molar-refractivity contribution in [3.63, 3.8) is 0 Å². The first-order valence-corrected chi connectivity index (χ1v) is 18.9. The number of rotatable bonds is 8. The van der Waals surface area contributed by atoms with Crippen LogP contribution in [-0.4, -0.2) is 42.6 Å². The van der Waals surface area contributed by atoms with Gasteiger partial charge in [-0.25, -0.2) is 9.97 Å². The minimum Gasteiger partial charge on any atom is -0.427 e. The van der Waals surface area contributed by atoms with Crippen LogP contribution in [0.3, 0.4) is 0 Å².